The first-order chi connectivity index (χ1) is 12.9. The maximum atomic E-state index is 5.57. The van der Waals surface area contributed by atoms with Crippen molar-refractivity contribution in [1.29, 1.82) is 0 Å². The molecule has 3 aromatic carbocycles. The summed E-state index contributed by atoms with van der Waals surface area (Å²) in [5, 5.41) is 2.78. The highest BCUT2D eigenvalue weighted by Crippen LogP contribution is 2.50. The lowest BCUT2D eigenvalue weighted by Crippen LogP contribution is -1.89. The van der Waals surface area contributed by atoms with Gasteiger partial charge >= 0.3 is 0 Å². The number of rotatable bonds is 5. The lowest BCUT2D eigenvalue weighted by atomic mass is 9.93. The van der Waals surface area contributed by atoms with Gasteiger partial charge in [0.25, 0.3) is 0 Å². The third kappa shape index (κ3) is 4.01. The SMILES string of the molecule is COCc1[pH]c(-c2ccccc2)c(-c2ccccc2)c1-c1ccccc1.Cl. The summed E-state index contributed by atoms with van der Waals surface area (Å²) < 4.78 is 5.57. The van der Waals surface area contributed by atoms with E-state index >= 15 is 0 Å². The molecule has 0 saturated carbocycles. The maximum Gasteiger partial charge on any atom is 0.0753 e. The molecule has 0 amide bonds. The average molecular weight is 393 g/mol. The smallest absolute Gasteiger partial charge is 0.0753 e. The quantitative estimate of drug-likeness (QED) is 0.346. The van der Waals surface area contributed by atoms with E-state index in [9.17, 15) is 0 Å². The zero-order valence-electron chi connectivity index (χ0n) is 15.2. The van der Waals surface area contributed by atoms with Crippen LogP contribution in [0.4, 0.5) is 0 Å². The van der Waals surface area contributed by atoms with E-state index in [4.69, 9.17) is 4.74 Å². The van der Waals surface area contributed by atoms with Gasteiger partial charge in [-0.25, -0.2) is 0 Å². The molecule has 1 heterocycles. The van der Waals surface area contributed by atoms with Crippen LogP contribution in [0.5, 0.6) is 0 Å². The molecule has 1 atom stereocenters. The van der Waals surface area contributed by atoms with Crippen LogP contribution in [0.3, 0.4) is 0 Å². The Labute approximate surface area is 168 Å². The summed E-state index contributed by atoms with van der Waals surface area (Å²) >= 11 is 0. The summed E-state index contributed by atoms with van der Waals surface area (Å²) in [6.07, 6.45) is 0. The Morgan fingerprint density at radius 3 is 1.56 bits per heavy atom. The van der Waals surface area contributed by atoms with E-state index < -0.39 is 0 Å². The van der Waals surface area contributed by atoms with Crippen LogP contribution in [0, 0.1) is 0 Å². The van der Waals surface area contributed by atoms with Gasteiger partial charge in [0.1, 0.15) is 0 Å². The molecular formula is C24H22ClOP. The minimum absolute atomic E-state index is 0. The van der Waals surface area contributed by atoms with Gasteiger partial charge in [-0.1, -0.05) is 91.0 Å². The molecule has 4 aromatic rings. The molecule has 1 aromatic heterocycles. The van der Waals surface area contributed by atoms with E-state index in [1.165, 1.54) is 38.4 Å². The van der Waals surface area contributed by atoms with Crippen molar-refractivity contribution in [2.24, 2.45) is 0 Å². The molecule has 0 bridgehead atoms. The van der Waals surface area contributed by atoms with Crippen molar-refractivity contribution in [3.05, 3.63) is 96.3 Å². The third-order valence-electron chi connectivity index (χ3n) is 4.55. The summed E-state index contributed by atoms with van der Waals surface area (Å²) in [4.78, 5) is 0. The predicted molar refractivity (Wildman–Crippen MR) is 120 cm³/mol. The molecule has 0 aliphatic carbocycles. The maximum absolute atomic E-state index is 5.57. The molecule has 0 radical (unpaired) electrons. The number of hydrogen-bond acceptors (Lipinski definition) is 1. The van der Waals surface area contributed by atoms with E-state index in [1.807, 2.05) is 0 Å². The van der Waals surface area contributed by atoms with Crippen LogP contribution in [0.2, 0.25) is 0 Å². The van der Waals surface area contributed by atoms with Crippen LogP contribution < -0.4 is 0 Å². The van der Waals surface area contributed by atoms with Crippen molar-refractivity contribution in [3.63, 3.8) is 0 Å². The van der Waals surface area contributed by atoms with Crippen molar-refractivity contribution >= 4 is 20.6 Å². The number of halogens is 1. The second kappa shape index (κ2) is 9.06. The fraction of sp³-hybridized carbons (Fsp3) is 0.0833. The summed E-state index contributed by atoms with van der Waals surface area (Å²) in [6.45, 7) is 0.662. The van der Waals surface area contributed by atoms with Crippen LogP contribution in [0.15, 0.2) is 91.0 Å². The van der Waals surface area contributed by atoms with Gasteiger partial charge in [0.05, 0.1) is 6.61 Å². The van der Waals surface area contributed by atoms with E-state index in [-0.39, 0.29) is 12.4 Å². The first-order valence-corrected chi connectivity index (χ1v) is 9.78. The van der Waals surface area contributed by atoms with Crippen molar-refractivity contribution in [2.75, 3.05) is 7.11 Å². The number of benzene rings is 3. The van der Waals surface area contributed by atoms with Crippen LogP contribution in [0.25, 0.3) is 33.1 Å². The molecule has 1 nitrogen and oxygen atoms in total. The Kier molecular flexibility index (Phi) is 6.53. The summed E-state index contributed by atoms with van der Waals surface area (Å²) in [5.74, 6) is 0. The molecule has 4 rings (SSSR count). The van der Waals surface area contributed by atoms with Gasteiger partial charge in [0, 0.05) is 23.3 Å². The van der Waals surface area contributed by atoms with Crippen molar-refractivity contribution in [2.45, 2.75) is 6.61 Å². The van der Waals surface area contributed by atoms with Gasteiger partial charge in [-0.05, 0) is 22.3 Å². The van der Waals surface area contributed by atoms with E-state index in [0.717, 1.165) is 0 Å². The lowest BCUT2D eigenvalue weighted by Gasteiger charge is -2.11. The minimum atomic E-state index is 0. The molecule has 1 unspecified atom stereocenters. The average Bonchev–Trinajstić information content (AvgIpc) is 3.09. The van der Waals surface area contributed by atoms with Crippen LogP contribution in [-0.2, 0) is 11.3 Å². The van der Waals surface area contributed by atoms with Gasteiger partial charge in [-0.3, -0.25) is 0 Å². The number of ether oxygens (including phenoxy) is 1. The highest BCUT2D eigenvalue weighted by molar-refractivity contribution is 7.36. The summed E-state index contributed by atoms with van der Waals surface area (Å²) in [5.41, 5.74) is 6.49. The molecule has 3 heteroatoms. The Bertz CT molecular complexity index is 979. The molecular weight excluding hydrogens is 371 g/mol. The van der Waals surface area contributed by atoms with Crippen molar-refractivity contribution in [1.82, 2.24) is 0 Å². The highest BCUT2D eigenvalue weighted by atomic mass is 35.5. The Balaban J connectivity index is 0.00000210. The predicted octanol–water partition coefficient (Wildman–Crippen LogP) is 7.29. The highest BCUT2D eigenvalue weighted by Gasteiger charge is 2.20. The fourth-order valence-electron chi connectivity index (χ4n) is 3.44. The first kappa shape index (κ1) is 19.5. The fourth-order valence-corrected chi connectivity index (χ4v) is 5.06. The molecule has 0 fully saturated rings. The monoisotopic (exact) mass is 392 g/mol. The first-order valence-electron chi connectivity index (χ1n) is 8.78. The van der Waals surface area contributed by atoms with Gasteiger partial charge < -0.3 is 4.74 Å². The van der Waals surface area contributed by atoms with Gasteiger partial charge in [-0.2, -0.15) is 0 Å². The number of methoxy groups -OCH3 is 1. The van der Waals surface area contributed by atoms with Crippen LogP contribution in [0.1, 0.15) is 5.30 Å². The largest absolute Gasteiger partial charge is 0.380 e. The zero-order valence-corrected chi connectivity index (χ0v) is 17.0. The van der Waals surface area contributed by atoms with E-state index in [1.54, 1.807) is 7.11 Å². The van der Waals surface area contributed by atoms with Gasteiger partial charge in [-0.15, -0.1) is 20.6 Å². The molecule has 0 saturated heterocycles. The number of hydrogen-bond donors (Lipinski definition) is 0. The topological polar surface area (TPSA) is 9.23 Å². The second-order valence-electron chi connectivity index (χ2n) is 6.26. The normalized spacial score (nSPS) is 10.7. The molecule has 0 N–H and O–H groups in total. The summed E-state index contributed by atoms with van der Waals surface area (Å²) in [6, 6.07) is 32.2. The Morgan fingerprint density at radius 1 is 0.630 bits per heavy atom. The Morgan fingerprint density at radius 2 is 1.07 bits per heavy atom. The lowest BCUT2D eigenvalue weighted by molar-refractivity contribution is 0.188. The molecule has 0 aliphatic rings. The van der Waals surface area contributed by atoms with Crippen molar-refractivity contribution in [3.8, 4) is 33.1 Å². The molecule has 136 valence electrons. The third-order valence-corrected chi connectivity index (χ3v) is 6.04. The molecule has 0 aliphatic heterocycles. The molecule has 0 spiro atoms. The second-order valence-corrected chi connectivity index (χ2v) is 7.61. The molecule has 27 heavy (non-hydrogen) atoms. The van der Waals surface area contributed by atoms with E-state index in [0.29, 0.717) is 14.8 Å². The van der Waals surface area contributed by atoms with Crippen LogP contribution >= 0.6 is 20.6 Å². The van der Waals surface area contributed by atoms with Crippen LogP contribution in [-0.4, -0.2) is 7.11 Å². The van der Waals surface area contributed by atoms with Gasteiger partial charge in [0.2, 0.25) is 0 Å². The Hall–Kier alpha value is -2.31. The minimum Gasteiger partial charge on any atom is -0.380 e. The summed E-state index contributed by atoms with van der Waals surface area (Å²) in [7, 11) is 2.40. The van der Waals surface area contributed by atoms with Gasteiger partial charge in [0.15, 0.2) is 0 Å². The standard InChI is InChI=1S/C24H21OP.ClH/c1-25-17-21-22(18-11-5-2-6-12-18)23(19-13-7-3-8-14-19)24(26-21)20-15-9-4-10-16-20;/h2-16,26H,17H2,1H3;1H. The van der Waals surface area contributed by atoms with Crippen molar-refractivity contribution < 1.29 is 4.74 Å². The zero-order chi connectivity index (χ0) is 17.8. The van der Waals surface area contributed by atoms with E-state index in [2.05, 4.69) is 91.0 Å².